The van der Waals surface area contributed by atoms with Crippen molar-refractivity contribution in [3.05, 3.63) is 34.4 Å². The third-order valence-corrected chi connectivity index (χ3v) is 3.94. The van der Waals surface area contributed by atoms with Crippen LogP contribution in [0.1, 0.15) is 34.1 Å². The first-order valence-electron chi connectivity index (χ1n) is 8.07. The fraction of sp³-hybridized carbons (Fsp3) is 0.588. The molecular formula is C17H27N3O4. The van der Waals surface area contributed by atoms with E-state index in [1.54, 1.807) is 18.2 Å². The number of para-hydroxylation sites is 2. The summed E-state index contributed by atoms with van der Waals surface area (Å²) in [5.41, 5.74) is -0.0416. The third kappa shape index (κ3) is 5.81. The molecular weight excluding hydrogens is 310 g/mol. The number of nitro benzene ring substituents is 1. The van der Waals surface area contributed by atoms with Crippen molar-refractivity contribution in [1.29, 1.82) is 0 Å². The van der Waals surface area contributed by atoms with Crippen LogP contribution < -0.4 is 10.6 Å². The fourth-order valence-electron chi connectivity index (χ4n) is 2.51. The molecule has 0 aliphatic carbocycles. The van der Waals surface area contributed by atoms with Crippen LogP contribution in [0.15, 0.2) is 24.3 Å². The lowest BCUT2D eigenvalue weighted by atomic mass is 9.80. The standard InChI is InChI=1S/C17H27N3O4/c1-12(2)16(22)17(3,4)11-19-15(21)9-10-18-13-7-5-6-8-14(13)20(23)24/h5-8,12,16,18,22H,9-11H2,1-4H3,(H,19,21). The lowest BCUT2D eigenvalue weighted by molar-refractivity contribution is -0.384. The van der Waals surface area contributed by atoms with Crippen LogP contribution in [0.25, 0.3) is 0 Å². The van der Waals surface area contributed by atoms with Crippen molar-refractivity contribution < 1.29 is 14.8 Å². The molecule has 3 N–H and O–H groups in total. The van der Waals surface area contributed by atoms with Gasteiger partial charge < -0.3 is 15.7 Å². The zero-order chi connectivity index (χ0) is 18.3. The van der Waals surface area contributed by atoms with E-state index in [2.05, 4.69) is 10.6 Å². The average molecular weight is 337 g/mol. The van der Waals surface area contributed by atoms with E-state index in [4.69, 9.17) is 0 Å². The second kappa shape index (κ2) is 8.63. The van der Waals surface area contributed by atoms with Crippen molar-refractivity contribution in [1.82, 2.24) is 5.32 Å². The van der Waals surface area contributed by atoms with Gasteiger partial charge in [-0.1, -0.05) is 39.8 Å². The van der Waals surface area contributed by atoms with Gasteiger partial charge in [0, 0.05) is 31.0 Å². The maximum Gasteiger partial charge on any atom is 0.292 e. The third-order valence-electron chi connectivity index (χ3n) is 3.94. The van der Waals surface area contributed by atoms with Crippen LogP contribution in [0, 0.1) is 21.4 Å². The van der Waals surface area contributed by atoms with Crippen LogP contribution in [-0.2, 0) is 4.79 Å². The first kappa shape index (κ1) is 19.9. The number of nitro groups is 1. The second-order valence-corrected chi connectivity index (χ2v) is 6.91. The summed E-state index contributed by atoms with van der Waals surface area (Å²) in [6.45, 7) is 8.35. The highest BCUT2D eigenvalue weighted by atomic mass is 16.6. The molecule has 0 spiro atoms. The predicted molar refractivity (Wildman–Crippen MR) is 93.8 cm³/mol. The van der Waals surface area contributed by atoms with Crippen LogP contribution in [-0.4, -0.2) is 35.1 Å². The number of hydrogen-bond acceptors (Lipinski definition) is 5. The Morgan fingerprint density at radius 2 is 1.96 bits per heavy atom. The summed E-state index contributed by atoms with van der Waals surface area (Å²) in [5.74, 6) is -0.0534. The molecule has 1 rings (SSSR count). The molecule has 1 amide bonds. The summed E-state index contributed by atoms with van der Waals surface area (Å²) in [6, 6.07) is 6.32. The lowest BCUT2D eigenvalue weighted by Gasteiger charge is -2.33. The summed E-state index contributed by atoms with van der Waals surface area (Å²) in [5, 5.41) is 26.8. The minimum Gasteiger partial charge on any atom is -0.392 e. The van der Waals surface area contributed by atoms with Crippen molar-refractivity contribution in [2.24, 2.45) is 11.3 Å². The fourth-order valence-corrected chi connectivity index (χ4v) is 2.51. The van der Waals surface area contributed by atoms with Gasteiger partial charge >= 0.3 is 0 Å². The highest BCUT2D eigenvalue weighted by Gasteiger charge is 2.30. The van der Waals surface area contributed by atoms with Gasteiger partial charge in [-0.25, -0.2) is 0 Å². The number of nitrogens with one attached hydrogen (secondary N) is 2. The number of amides is 1. The van der Waals surface area contributed by atoms with Crippen molar-refractivity contribution in [2.45, 2.75) is 40.2 Å². The summed E-state index contributed by atoms with van der Waals surface area (Å²) in [7, 11) is 0. The number of aliphatic hydroxyl groups excluding tert-OH is 1. The molecule has 24 heavy (non-hydrogen) atoms. The number of nitrogens with zero attached hydrogens (tertiary/aromatic N) is 1. The zero-order valence-corrected chi connectivity index (χ0v) is 14.7. The summed E-state index contributed by atoms with van der Waals surface area (Å²) < 4.78 is 0. The highest BCUT2D eigenvalue weighted by Crippen LogP contribution is 2.25. The quantitative estimate of drug-likeness (QED) is 0.474. The molecule has 0 aliphatic heterocycles. The van der Waals surface area contributed by atoms with Gasteiger partial charge in [-0.2, -0.15) is 0 Å². The van der Waals surface area contributed by atoms with Gasteiger partial charge in [0.15, 0.2) is 0 Å². The van der Waals surface area contributed by atoms with Crippen LogP contribution in [0.2, 0.25) is 0 Å². The monoisotopic (exact) mass is 337 g/mol. The van der Waals surface area contributed by atoms with Gasteiger partial charge in [0.05, 0.1) is 11.0 Å². The number of rotatable bonds is 9. The molecule has 0 saturated carbocycles. The smallest absolute Gasteiger partial charge is 0.292 e. The van der Waals surface area contributed by atoms with Crippen molar-refractivity contribution >= 4 is 17.3 Å². The minimum atomic E-state index is -0.511. The van der Waals surface area contributed by atoms with Gasteiger partial charge in [-0.3, -0.25) is 14.9 Å². The van der Waals surface area contributed by atoms with E-state index < -0.39 is 16.4 Å². The largest absolute Gasteiger partial charge is 0.392 e. The summed E-state index contributed by atoms with van der Waals surface area (Å²) in [4.78, 5) is 22.4. The molecule has 0 aromatic heterocycles. The lowest BCUT2D eigenvalue weighted by Crippen LogP contribution is -2.43. The Morgan fingerprint density at radius 3 is 2.54 bits per heavy atom. The zero-order valence-electron chi connectivity index (χ0n) is 14.7. The molecule has 1 atom stereocenters. The number of hydrogen-bond donors (Lipinski definition) is 3. The van der Waals surface area contributed by atoms with E-state index in [1.165, 1.54) is 6.07 Å². The average Bonchev–Trinajstić information content (AvgIpc) is 2.52. The van der Waals surface area contributed by atoms with Crippen LogP contribution in [0.4, 0.5) is 11.4 Å². The molecule has 1 aromatic carbocycles. The van der Waals surface area contributed by atoms with Gasteiger partial charge in [0.1, 0.15) is 5.69 Å². The van der Waals surface area contributed by atoms with E-state index in [0.29, 0.717) is 18.8 Å². The molecule has 7 heteroatoms. The summed E-state index contributed by atoms with van der Waals surface area (Å²) in [6.07, 6.45) is -0.317. The van der Waals surface area contributed by atoms with Gasteiger partial charge in [0.2, 0.25) is 5.91 Å². The van der Waals surface area contributed by atoms with Gasteiger partial charge in [-0.05, 0) is 12.0 Å². The molecule has 0 bridgehead atoms. The highest BCUT2D eigenvalue weighted by molar-refractivity contribution is 5.76. The maximum absolute atomic E-state index is 11.9. The molecule has 0 radical (unpaired) electrons. The molecule has 0 saturated heterocycles. The van der Waals surface area contributed by atoms with Gasteiger partial charge in [-0.15, -0.1) is 0 Å². The maximum atomic E-state index is 11.9. The molecule has 1 aromatic rings. The molecule has 0 heterocycles. The van der Waals surface area contributed by atoms with Crippen molar-refractivity contribution in [3.8, 4) is 0 Å². The Kier molecular flexibility index (Phi) is 7.16. The molecule has 1 unspecified atom stereocenters. The molecule has 0 fully saturated rings. The van der Waals surface area contributed by atoms with Crippen molar-refractivity contribution in [3.63, 3.8) is 0 Å². The SMILES string of the molecule is CC(C)C(O)C(C)(C)CNC(=O)CCNc1ccccc1[N+](=O)[O-]. The number of aliphatic hydroxyl groups is 1. The Balaban J connectivity index is 2.44. The van der Waals surface area contributed by atoms with E-state index in [0.717, 1.165) is 0 Å². The summed E-state index contributed by atoms with van der Waals surface area (Å²) >= 11 is 0. The van der Waals surface area contributed by atoms with E-state index in [9.17, 15) is 20.0 Å². The van der Waals surface area contributed by atoms with E-state index in [-0.39, 0.29) is 23.9 Å². The number of carbonyl (C=O) groups is 1. The number of carbonyl (C=O) groups excluding carboxylic acids is 1. The number of anilines is 1. The Hall–Kier alpha value is -2.15. The number of benzene rings is 1. The normalized spacial score (nSPS) is 12.8. The topological polar surface area (TPSA) is 104 Å². The van der Waals surface area contributed by atoms with Crippen LogP contribution in [0.3, 0.4) is 0 Å². The van der Waals surface area contributed by atoms with Crippen LogP contribution in [0.5, 0.6) is 0 Å². The first-order chi connectivity index (χ1) is 11.1. The molecule has 7 nitrogen and oxygen atoms in total. The van der Waals surface area contributed by atoms with Crippen molar-refractivity contribution in [2.75, 3.05) is 18.4 Å². The second-order valence-electron chi connectivity index (χ2n) is 6.91. The Bertz CT molecular complexity index is 573. The van der Waals surface area contributed by atoms with E-state index in [1.807, 2.05) is 27.7 Å². The van der Waals surface area contributed by atoms with Gasteiger partial charge in [0.25, 0.3) is 5.69 Å². The Morgan fingerprint density at radius 1 is 1.33 bits per heavy atom. The predicted octanol–water partition coefficient (Wildman–Crippen LogP) is 2.56. The Labute approximate surface area is 142 Å². The minimum absolute atomic E-state index is 0.0147. The first-order valence-corrected chi connectivity index (χ1v) is 8.07. The molecule has 0 aliphatic rings. The van der Waals surface area contributed by atoms with E-state index >= 15 is 0 Å². The van der Waals surface area contributed by atoms with Crippen LogP contribution >= 0.6 is 0 Å². The molecule has 134 valence electrons.